The van der Waals surface area contributed by atoms with E-state index in [2.05, 4.69) is 0 Å². The van der Waals surface area contributed by atoms with Gasteiger partial charge in [-0.3, -0.25) is 0 Å². The highest BCUT2D eigenvalue weighted by molar-refractivity contribution is 4.88. The summed E-state index contributed by atoms with van der Waals surface area (Å²) >= 11 is 0. The zero-order chi connectivity index (χ0) is 12.5. The van der Waals surface area contributed by atoms with Crippen LogP contribution in [0.2, 0.25) is 0 Å². The molecule has 6 aliphatic rings. The number of rotatable bonds is 0. The van der Waals surface area contributed by atoms with Crippen molar-refractivity contribution >= 4 is 0 Å². The van der Waals surface area contributed by atoms with Crippen molar-refractivity contribution in [3.63, 3.8) is 0 Å². The van der Waals surface area contributed by atoms with Crippen LogP contribution in [-0.4, -0.2) is 12.1 Å². The zero-order valence-electron chi connectivity index (χ0n) is 11.7. The van der Waals surface area contributed by atoms with Crippen molar-refractivity contribution in [1.82, 2.24) is 0 Å². The van der Waals surface area contributed by atoms with E-state index in [1.165, 1.54) is 64.2 Å². The molecule has 0 radical (unpaired) electrons. The van der Waals surface area contributed by atoms with Gasteiger partial charge in [0.15, 0.2) is 0 Å². The predicted octanol–water partition coefficient (Wildman–Crippen LogP) is 3.05. The van der Waals surface area contributed by atoms with E-state index >= 15 is 0 Å². The molecule has 0 heterocycles. The van der Waals surface area contributed by atoms with E-state index in [9.17, 15) is 0 Å². The van der Waals surface area contributed by atoms with Crippen molar-refractivity contribution in [2.75, 3.05) is 0 Å². The summed E-state index contributed by atoms with van der Waals surface area (Å²) in [4.78, 5) is 0. The maximum Gasteiger partial charge on any atom is 0.00698 e. The first-order valence-electron chi connectivity index (χ1n) is 8.23. The quantitative estimate of drug-likeness (QED) is 0.694. The molecule has 0 aliphatic heterocycles. The minimum atomic E-state index is 0.496. The van der Waals surface area contributed by atoms with Crippen LogP contribution in [0.15, 0.2) is 0 Å². The van der Waals surface area contributed by atoms with Crippen molar-refractivity contribution in [2.45, 2.75) is 76.3 Å². The normalized spacial score (nSPS) is 49.7. The Morgan fingerprint density at radius 2 is 0.833 bits per heavy atom. The van der Waals surface area contributed by atoms with Gasteiger partial charge in [0.05, 0.1) is 0 Å². The van der Waals surface area contributed by atoms with Crippen molar-refractivity contribution in [3.05, 3.63) is 0 Å². The Hall–Kier alpha value is -0.0800. The summed E-state index contributed by atoms with van der Waals surface area (Å²) in [6.07, 6.45) is 13.8. The Balaban J connectivity index is 1.70. The van der Waals surface area contributed by atoms with Crippen LogP contribution >= 0.6 is 0 Å². The molecule has 18 heavy (non-hydrogen) atoms. The molecular formula is C16H30N2. The highest BCUT2D eigenvalue weighted by atomic mass is 14.7. The van der Waals surface area contributed by atoms with Crippen molar-refractivity contribution in [2.24, 2.45) is 35.1 Å². The summed E-state index contributed by atoms with van der Waals surface area (Å²) in [7, 11) is 0. The van der Waals surface area contributed by atoms with Crippen LogP contribution in [0.1, 0.15) is 64.2 Å². The molecule has 6 saturated carbocycles. The maximum absolute atomic E-state index is 6.40. The van der Waals surface area contributed by atoms with E-state index in [0.29, 0.717) is 12.1 Å². The van der Waals surface area contributed by atoms with Crippen molar-refractivity contribution in [1.29, 1.82) is 0 Å². The van der Waals surface area contributed by atoms with E-state index < -0.39 is 0 Å². The smallest absolute Gasteiger partial charge is 0.00698 e. The molecule has 4 N–H and O–H groups in total. The van der Waals surface area contributed by atoms with E-state index in [4.69, 9.17) is 11.5 Å². The molecule has 0 aromatic rings. The van der Waals surface area contributed by atoms with Crippen LogP contribution in [0, 0.1) is 23.7 Å². The molecule has 0 saturated heterocycles. The second kappa shape index (κ2) is 5.50. The van der Waals surface area contributed by atoms with Gasteiger partial charge in [-0.1, -0.05) is 25.7 Å². The third-order valence-electron chi connectivity index (χ3n) is 6.20. The van der Waals surface area contributed by atoms with Crippen LogP contribution < -0.4 is 11.5 Å². The summed E-state index contributed by atoms with van der Waals surface area (Å²) in [5.74, 6) is 3.44. The maximum atomic E-state index is 6.40. The lowest BCUT2D eigenvalue weighted by Gasteiger charge is -2.40. The minimum absolute atomic E-state index is 0.496. The average Bonchev–Trinajstić information content (AvgIpc) is 2.34. The summed E-state index contributed by atoms with van der Waals surface area (Å²) < 4.78 is 0. The van der Waals surface area contributed by atoms with Gasteiger partial charge in [-0.15, -0.1) is 0 Å². The number of hydrogen-bond acceptors (Lipinski definition) is 2. The summed E-state index contributed by atoms with van der Waals surface area (Å²) in [5, 5.41) is 0. The van der Waals surface area contributed by atoms with E-state index in [0.717, 1.165) is 23.7 Å². The molecule has 5 unspecified atom stereocenters. The first-order chi connectivity index (χ1) is 8.72. The molecule has 2 heteroatoms. The molecule has 4 bridgehead atoms. The van der Waals surface area contributed by atoms with E-state index in [-0.39, 0.29) is 0 Å². The van der Waals surface area contributed by atoms with Crippen LogP contribution in [0.5, 0.6) is 0 Å². The second-order valence-corrected chi connectivity index (χ2v) is 7.36. The number of hydrogen-bond donors (Lipinski definition) is 2. The molecule has 6 rings (SSSR count). The lowest BCUT2D eigenvalue weighted by molar-refractivity contribution is 0.147. The highest BCUT2D eigenvalue weighted by Crippen LogP contribution is 2.40. The zero-order valence-corrected chi connectivity index (χ0v) is 11.7. The van der Waals surface area contributed by atoms with E-state index in [1.54, 1.807) is 0 Å². The Bertz CT molecular complexity index is 250. The largest absolute Gasteiger partial charge is 0.327 e. The predicted molar refractivity (Wildman–Crippen MR) is 76.1 cm³/mol. The fraction of sp³-hybridized carbons (Fsp3) is 1.00. The first kappa shape index (κ1) is 12.9. The average molecular weight is 250 g/mol. The molecule has 2 nitrogen and oxygen atoms in total. The lowest BCUT2D eigenvalue weighted by Crippen LogP contribution is -2.40. The van der Waals surface area contributed by atoms with Crippen LogP contribution in [0.3, 0.4) is 0 Å². The molecule has 6 atom stereocenters. The minimum Gasteiger partial charge on any atom is -0.327 e. The van der Waals surface area contributed by atoms with Crippen molar-refractivity contribution in [3.8, 4) is 0 Å². The van der Waals surface area contributed by atoms with Crippen LogP contribution in [0.25, 0.3) is 0 Å². The molecule has 0 spiro atoms. The fourth-order valence-corrected chi connectivity index (χ4v) is 4.86. The first-order valence-corrected chi connectivity index (χ1v) is 8.23. The highest BCUT2D eigenvalue weighted by Gasteiger charge is 2.33. The number of nitrogens with two attached hydrogens (primary N) is 2. The summed E-state index contributed by atoms with van der Waals surface area (Å²) in [5.41, 5.74) is 12.8. The third-order valence-corrected chi connectivity index (χ3v) is 6.20. The molecule has 104 valence electrons. The fourth-order valence-electron chi connectivity index (χ4n) is 4.86. The van der Waals surface area contributed by atoms with Gasteiger partial charge in [0, 0.05) is 12.1 Å². The molecule has 6 aliphatic carbocycles. The van der Waals surface area contributed by atoms with Gasteiger partial charge < -0.3 is 11.5 Å². The van der Waals surface area contributed by atoms with Gasteiger partial charge >= 0.3 is 0 Å². The van der Waals surface area contributed by atoms with Crippen molar-refractivity contribution < 1.29 is 0 Å². The Morgan fingerprint density at radius 3 is 1.17 bits per heavy atom. The molecule has 6 fully saturated rings. The summed E-state index contributed by atoms with van der Waals surface area (Å²) in [6, 6.07) is 0.991. The van der Waals surface area contributed by atoms with Gasteiger partial charge in [-0.2, -0.15) is 0 Å². The summed E-state index contributed by atoms with van der Waals surface area (Å²) in [6.45, 7) is 0. The van der Waals surface area contributed by atoms with Gasteiger partial charge in [0.1, 0.15) is 0 Å². The third kappa shape index (κ3) is 2.75. The Kier molecular flexibility index (Phi) is 3.95. The topological polar surface area (TPSA) is 52.0 Å². The van der Waals surface area contributed by atoms with Gasteiger partial charge in [-0.25, -0.2) is 0 Å². The van der Waals surface area contributed by atoms with Crippen LogP contribution in [-0.2, 0) is 0 Å². The molecule has 0 aromatic heterocycles. The molecule has 0 aromatic carbocycles. The molecule has 0 amide bonds. The SMILES string of the molecule is NC1CC2CCC1CCC1CCC(CC2)[C@@H](N)C1. The van der Waals surface area contributed by atoms with Gasteiger partial charge in [-0.05, 0) is 62.2 Å². The molecular weight excluding hydrogens is 220 g/mol. The monoisotopic (exact) mass is 250 g/mol. The van der Waals surface area contributed by atoms with Crippen LogP contribution in [0.4, 0.5) is 0 Å². The van der Waals surface area contributed by atoms with Gasteiger partial charge in [0.2, 0.25) is 0 Å². The Labute approximate surface area is 112 Å². The lowest BCUT2D eigenvalue weighted by atomic mass is 9.68. The standard InChI is InChI=1S/C16H30N2/c17-15-9-11-1-5-13(15)8-4-12-2-6-14(7-3-11)16(18)10-12/h11-16H,1-10,17-18H2/t11?,12?,13?,14?,15-,16?/m0/s1. The van der Waals surface area contributed by atoms with E-state index in [1.807, 2.05) is 0 Å². The Morgan fingerprint density at radius 1 is 0.500 bits per heavy atom. The van der Waals surface area contributed by atoms with Gasteiger partial charge in [0.25, 0.3) is 0 Å². The second-order valence-electron chi connectivity index (χ2n) is 7.36.